The second kappa shape index (κ2) is 11.0. The third kappa shape index (κ3) is 6.21. The molecule has 2 fully saturated rings. The van der Waals surface area contributed by atoms with Crippen molar-refractivity contribution in [3.63, 3.8) is 0 Å². The molecule has 2 N–H and O–H groups in total. The molecule has 2 aliphatic rings. The van der Waals surface area contributed by atoms with Crippen LogP contribution in [-0.2, 0) is 16.1 Å². The monoisotopic (exact) mass is 413 g/mol. The first-order chi connectivity index (χ1) is 14.6. The zero-order valence-corrected chi connectivity index (χ0v) is 18.3. The third-order valence-corrected chi connectivity index (χ3v) is 5.94. The van der Waals surface area contributed by atoms with Crippen LogP contribution in [0.25, 0.3) is 0 Å². The van der Waals surface area contributed by atoms with Gasteiger partial charge >= 0.3 is 0 Å². The van der Waals surface area contributed by atoms with E-state index in [4.69, 9.17) is 4.99 Å². The van der Waals surface area contributed by atoms with Crippen LogP contribution in [0.1, 0.15) is 51.5 Å². The summed E-state index contributed by atoms with van der Waals surface area (Å²) < 4.78 is 0. The highest BCUT2D eigenvalue weighted by Gasteiger charge is 2.22. The summed E-state index contributed by atoms with van der Waals surface area (Å²) >= 11 is 0. The number of benzene rings is 1. The summed E-state index contributed by atoms with van der Waals surface area (Å²) in [4.78, 5) is 33.0. The minimum absolute atomic E-state index is 0.128. The zero-order valence-electron chi connectivity index (χ0n) is 18.3. The molecule has 1 aromatic rings. The van der Waals surface area contributed by atoms with Crippen molar-refractivity contribution in [3.05, 3.63) is 29.8 Å². The van der Waals surface area contributed by atoms with E-state index in [1.165, 1.54) is 6.42 Å². The van der Waals surface area contributed by atoms with Gasteiger partial charge in [-0.05, 0) is 37.5 Å². The maximum absolute atomic E-state index is 12.5. The Labute approximate surface area is 179 Å². The maximum Gasteiger partial charge on any atom is 0.227 e. The van der Waals surface area contributed by atoms with Crippen molar-refractivity contribution >= 4 is 23.5 Å². The molecule has 30 heavy (non-hydrogen) atoms. The molecule has 0 bridgehead atoms. The molecule has 1 aliphatic heterocycles. The van der Waals surface area contributed by atoms with Crippen LogP contribution in [0, 0.1) is 5.92 Å². The van der Waals surface area contributed by atoms with Crippen molar-refractivity contribution < 1.29 is 9.59 Å². The second-order valence-electron chi connectivity index (χ2n) is 8.19. The van der Waals surface area contributed by atoms with Crippen molar-refractivity contribution in [3.8, 4) is 0 Å². The van der Waals surface area contributed by atoms with Crippen LogP contribution in [0.2, 0.25) is 0 Å². The van der Waals surface area contributed by atoms with Crippen LogP contribution in [0.15, 0.2) is 29.3 Å². The standard InChI is InChI=1S/C23H35N5O2/c1-3-24-23(28-14-12-27(13-15-28)18(2)29)25-17-19-8-7-11-21(16-19)26-22(30)20-9-5-4-6-10-20/h7-8,11,16,20H,3-6,9-10,12-15,17H2,1-2H3,(H,24,25)(H,26,30). The van der Waals surface area contributed by atoms with E-state index in [9.17, 15) is 9.59 Å². The van der Waals surface area contributed by atoms with Crippen LogP contribution >= 0.6 is 0 Å². The lowest BCUT2D eigenvalue weighted by Crippen LogP contribution is -2.53. The fraction of sp³-hybridized carbons (Fsp3) is 0.609. The summed E-state index contributed by atoms with van der Waals surface area (Å²) in [5.74, 6) is 1.29. The lowest BCUT2D eigenvalue weighted by molar-refractivity contribution is -0.130. The molecule has 164 valence electrons. The smallest absolute Gasteiger partial charge is 0.227 e. The first-order valence-electron chi connectivity index (χ1n) is 11.3. The minimum atomic E-state index is 0.128. The number of hydrogen-bond acceptors (Lipinski definition) is 3. The molecule has 0 spiro atoms. The van der Waals surface area contributed by atoms with Crippen LogP contribution < -0.4 is 10.6 Å². The first-order valence-corrected chi connectivity index (χ1v) is 11.3. The van der Waals surface area contributed by atoms with Crippen molar-refractivity contribution in [1.29, 1.82) is 0 Å². The molecule has 1 heterocycles. The van der Waals surface area contributed by atoms with Gasteiger partial charge in [-0.2, -0.15) is 0 Å². The molecule has 1 saturated carbocycles. The largest absolute Gasteiger partial charge is 0.357 e. The summed E-state index contributed by atoms with van der Waals surface area (Å²) in [5, 5.41) is 6.45. The molecular formula is C23H35N5O2. The SMILES string of the molecule is CCNC(=NCc1cccc(NC(=O)C2CCCCC2)c1)N1CCN(C(C)=O)CC1. The number of piperazine rings is 1. The summed E-state index contributed by atoms with van der Waals surface area (Å²) in [7, 11) is 0. The van der Waals surface area contributed by atoms with Crippen LogP contribution in [0.5, 0.6) is 0 Å². The average molecular weight is 414 g/mol. The normalized spacial score (nSPS) is 18.3. The molecular weight excluding hydrogens is 378 g/mol. The fourth-order valence-electron chi connectivity index (χ4n) is 4.18. The number of nitrogens with one attached hydrogen (secondary N) is 2. The Morgan fingerprint density at radius 3 is 2.43 bits per heavy atom. The number of carbonyl (C=O) groups is 2. The van der Waals surface area contributed by atoms with Crippen molar-refractivity contribution in [2.75, 3.05) is 38.0 Å². The van der Waals surface area contributed by atoms with E-state index >= 15 is 0 Å². The van der Waals surface area contributed by atoms with Gasteiger partial charge in [0.25, 0.3) is 0 Å². The molecule has 0 unspecified atom stereocenters. The second-order valence-corrected chi connectivity index (χ2v) is 8.19. The van der Waals surface area contributed by atoms with Crippen LogP contribution in [0.3, 0.4) is 0 Å². The average Bonchev–Trinajstić information content (AvgIpc) is 2.77. The Morgan fingerprint density at radius 1 is 1.07 bits per heavy atom. The van der Waals surface area contributed by atoms with Gasteiger partial charge in [0.1, 0.15) is 0 Å². The topological polar surface area (TPSA) is 77.0 Å². The van der Waals surface area contributed by atoms with Crippen LogP contribution in [-0.4, -0.2) is 60.3 Å². The molecule has 7 heteroatoms. The highest BCUT2D eigenvalue weighted by Crippen LogP contribution is 2.25. The summed E-state index contributed by atoms with van der Waals surface area (Å²) in [6, 6.07) is 7.97. The molecule has 1 aromatic carbocycles. The molecule has 0 aromatic heterocycles. The predicted molar refractivity (Wildman–Crippen MR) is 120 cm³/mol. The fourth-order valence-corrected chi connectivity index (χ4v) is 4.18. The molecule has 1 aliphatic carbocycles. The third-order valence-electron chi connectivity index (χ3n) is 5.94. The Balaban J connectivity index is 1.59. The molecule has 2 amide bonds. The molecule has 1 saturated heterocycles. The Bertz CT molecular complexity index is 750. The number of guanidine groups is 1. The van der Waals surface area contributed by atoms with Gasteiger partial charge < -0.3 is 20.4 Å². The van der Waals surface area contributed by atoms with E-state index in [1.54, 1.807) is 6.92 Å². The van der Waals surface area contributed by atoms with Crippen molar-refractivity contribution in [2.24, 2.45) is 10.9 Å². The van der Waals surface area contributed by atoms with Crippen molar-refractivity contribution in [2.45, 2.75) is 52.5 Å². The van der Waals surface area contributed by atoms with E-state index in [0.29, 0.717) is 6.54 Å². The van der Waals surface area contributed by atoms with Crippen LogP contribution in [0.4, 0.5) is 5.69 Å². The Morgan fingerprint density at radius 2 is 1.77 bits per heavy atom. The highest BCUT2D eigenvalue weighted by molar-refractivity contribution is 5.92. The minimum Gasteiger partial charge on any atom is -0.357 e. The molecule has 0 atom stereocenters. The maximum atomic E-state index is 12.5. The van der Waals surface area contributed by atoms with E-state index in [1.807, 2.05) is 29.2 Å². The first kappa shape index (κ1) is 22.1. The summed E-state index contributed by atoms with van der Waals surface area (Å²) in [6.07, 6.45) is 5.55. The highest BCUT2D eigenvalue weighted by atomic mass is 16.2. The number of carbonyl (C=O) groups excluding carboxylic acids is 2. The lowest BCUT2D eigenvalue weighted by atomic mass is 9.88. The number of rotatable bonds is 5. The van der Waals surface area contributed by atoms with Gasteiger partial charge in [-0.3, -0.25) is 9.59 Å². The predicted octanol–water partition coefficient (Wildman–Crippen LogP) is 2.84. The van der Waals surface area contributed by atoms with E-state index in [0.717, 1.165) is 75.6 Å². The van der Waals surface area contributed by atoms with Crippen molar-refractivity contribution in [1.82, 2.24) is 15.1 Å². The van der Waals surface area contributed by atoms with Gasteiger partial charge in [0.2, 0.25) is 11.8 Å². The number of hydrogen-bond donors (Lipinski definition) is 2. The number of amides is 2. The van der Waals surface area contributed by atoms with Gasteiger partial charge in [-0.25, -0.2) is 4.99 Å². The molecule has 3 rings (SSSR count). The summed E-state index contributed by atoms with van der Waals surface area (Å²) in [6.45, 7) is 8.03. The number of nitrogens with zero attached hydrogens (tertiary/aromatic N) is 3. The molecule has 7 nitrogen and oxygen atoms in total. The zero-order chi connectivity index (χ0) is 21.3. The Kier molecular flexibility index (Phi) is 8.11. The molecule has 0 radical (unpaired) electrons. The van der Waals surface area contributed by atoms with Gasteiger partial charge in [-0.1, -0.05) is 31.4 Å². The Hall–Kier alpha value is -2.57. The number of aliphatic imine (C=N–C) groups is 1. The van der Waals surface area contributed by atoms with Gasteiger partial charge in [0.15, 0.2) is 5.96 Å². The lowest BCUT2D eigenvalue weighted by Gasteiger charge is -2.36. The van der Waals surface area contributed by atoms with E-state index < -0.39 is 0 Å². The van der Waals surface area contributed by atoms with E-state index in [2.05, 4.69) is 22.5 Å². The van der Waals surface area contributed by atoms with Gasteiger partial charge in [0, 0.05) is 51.3 Å². The number of anilines is 1. The van der Waals surface area contributed by atoms with Gasteiger partial charge in [-0.15, -0.1) is 0 Å². The summed E-state index contributed by atoms with van der Waals surface area (Å²) in [5.41, 5.74) is 1.91. The van der Waals surface area contributed by atoms with Gasteiger partial charge in [0.05, 0.1) is 6.54 Å². The van der Waals surface area contributed by atoms with E-state index in [-0.39, 0.29) is 17.7 Å². The quantitative estimate of drug-likeness (QED) is 0.575.